The van der Waals surface area contributed by atoms with E-state index in [4.69, 9.17) is 0 Å². The summed E-state index contributed by atoms with van der Waals surface area (Å²) in [5, 5.41) is 0. The third-order valence-electron chi connectivity index (χ3n) is 1.66. The van der Waals surface area contributed by atoms with Crippen LogP contribution >= 0.6 is 0 Å². The summed E-state index contributed by atoms with van der Waals surface area (Å²) in [7, 11) is 0. The summed E-state index contributed by atoms with van der Waals surface area (Å²) < 4.78 is 0. The highest BCUT2D eigenvalue weighted by Gasteiger charge is 2.22. The second-order valence-electron chi connectivity index (χ2n) is 2.71. The number of rotatable bonds is 0. The van der Waals surface area contributed by atoms with E-state index < -0.39 is 0 Å². The van der Waals surface area contributed by atoms with E-state index >= 15 is 0 Å². The Morgan fingerprint density at radius 2 is 1.43 bits per heavy atom. The molecule has 1 aliphatic carbocycles. The Balaban J connectivity index is 2.40. The fourth-order valence-corrected chi connectivity index (χ4v) is 1.12. The van der Waals surface area contributed by atoms with Gasteiger partial charge in [0.2, 0.25) is 0 Å². The van der Waals surface area contributed by atoms with E-state index in [0.717, 1.165) is 0 Å². The molecule has 0 bridgehead atoms. The lowest BCUT2D eigenvalue weighted by Crippen LogP contribution is -2.03. The van der Waals surface area contributed by atoms with Gasteiger partial charge in [0.25, 0.3) is 0 Å². The fraction of sp³-hybridized carbons (Fsp3) is 0.714. The topological polar surface area (TPSA) is 0 Å². The van der Waals surface area contributed by atoms with E-state index in [2.05, 4.69) is 13.8 Å². The highest BCUT2D eigenvalue weighted by molar-refractivity contribution is 4.88. The first-order chi connectivity index (χ1) is 3.21. The lowest BCUT2D eigenvalue weighted by atomic mass is 9.92. The summed E-state index contributed by atoms with van der Waals surface area (Å²) in [4.78, 5) is 0. The summed E-state index contributed by atoms with van der Waals surface area (Å²) >= 11 is 0. The van der Waals surface area contributed by atoms with Crippen molar-refractivity contribution >= 4 is 0 Å². The van der Waals surface area contributed by atoms with Crippen molar-refractivity contribution in [1.82, 2.24) is 0 Å². The van der Waals surface area contributed by atoms with E-state index in [1.54, 1.807) is 0 Å². The molecule has 0 heterocycles. The lowest BCUT2D eigenvalue weighted by Gasteiger charge is -2.13. The Labute approximate surface area is 45.9 Å². The molecule has 1 rings (SSSR count). The second-order valence-corrected chi connectivity index (χ2v) is 2.71. The minimum atomic E-state index is 0.194. The van der Waals surface area contributed by atoms with Crippen LogP contribution < -0.4 is 0 Å². The molecular weight excluding hydrogens is 84.1 g/mol. The maximum absolute atomic E-state index is 3.96. The predicted molar refractivity (Wildman–Crippen MR) is 31.6 cm³/mol. The van der Waals surface area contributed by atoms with Crippen molar-refractivity contribution in [3.8, 4) is 0 Å². The summed E-state index contributed by atoms with van der Waals surface area (Å²) in [6, 6.07) is 0. The maximum atomic E-state index is 3.96. The van der Waals surface area contributed by atoms with Crippen LogP contribution in [0.3, 0.4) is 0 Å². The second kappa shape index (κ2) is 1.50. The van der Waals surface area contributed by atoms with Crippen LogP contribution in [0.4, 0.5) is 0 Å². The van der Waals surface area contributed by atoms with Gasteiger partial charge in [-0.3, -0.25) is 0 Å². The molecule has 0 nitrogen and oxygen atoms in total. The van der Waals surface area contributed by atoms with Crippen LogP contribution in [-0.4, -0.2) is 0 Å². The van der Waals surface area contributed by atoms with Gasteiger partial charge >= 0.3 is 0 Å². The number of hydrogen-bond acceptors (Lipinski definition) is 0. The Morgan fingerprint density at radius 3 is 1.57 bits per heavy atom. The van der Waals surface area contributed by atoms with Crippen LogP contribution in [0.2, 0.25) is 0 Å². The Hall–Kier alpha value is 0. The third kappa shape index (κ3) is 1.19. The van der Waals surface area contributed by atoms with Crippen molar-refractivity contribution in [2.75, 3.05) is 0 Å². The van der Waals surface area contributed by atoms with E-state index in [0.29, 0.717) is 0 Å². The molecule has 0 heteroatoms. The molecule has 7 heavy (non-hydrogen) atoms. The first-order valence-corrected chi connectivity index (χ1v) is 2.91. The van der Waals surface area contributed by atoms with Crippen LogP contribution in [0.5, 0.6) is 0 Å². The third-order valence-corrected chi connectivity index (χ3v) is 1.66. The van der Waals surface area contributed by atoms with Crippen molar-refractivity contribution in [2.24, 2.45) is 5.41 Å². The highest BCUT2D eigenvalue weighted by Crippen LogP contribution is 2.35. The van der Waals surface area contributed by atoms with Crippen LogP contribution in [0.1, 0.15) is 25.7 Å². The largest absolute Gasteiger partial charge is 0.0528 e. The van der Waals surface area contributed by atoms with Gasteiger partial charge in [-0.05, 0) is 32.1 Å². The standard InChI is InChI=1S/C7H12/c1-7(2)5-3-4-6-7/h1-6H2. The molecule has 0 aromatic heterocycles. The molecule has 0 unspecified atom stereocenters. The van der Waals surface area contributed by atoms with Gasteiger partial charge in [0.05, 0.1) is 0 Å². The average molecular weight is 96.2 g/mol. The van der Waals surface area contributed by atoms with Gasteiger partial charge in [0, 0.05) is 0 Å². The molecule has 0 aromatic carbocycles. The van der Waals surface area contributed by atoms with Crippen molar-refractivity contribution in [2.45, 2.75) is 25.7 Å². The zero-order valence-corrected chi connectivity index (χ0v) is 4.74. The van der Waals surface area contributed by atoms with Gasteiger partial charge in [0.1, 0.15) is 0 Å². The van der Waals surface area contributed by atoms with Crippen molar-refractivity contribution in [3.63, 3.8) is 0 Å². The van der Waals surface area contributed by atoms with Crippen molar-refractivity contribution < 1.29 is 0 Å². The van der Waals surface area contributed by atoms with Crippen LogP contribution in [0.15, 0.2) is 0 Å². The Morgan fingerprint density at radius 1 is 1.00 bits per heavy atom. The van der Waals surface area contributed by atoms with E-state index in [-0.39, 0.29) is 5.41 Å². The molecule has 0 spiro atoms. The molecular formula is C7H12. The van der Waals surface area contributed by atoms with Gasteiger partial charge in [-0.15, -0.1) is 0 Å². The predicted octanol–water partition coefficient (Wildman–Crippen LogP) is 2.21. The van der Waals surface area contributed by atoms with Crippen LogP contribution in [0.25, 0.3) is 0 Å². The van der Waals surface area contributed by atoms with Gasteiger partial charge in [-0.2, -0.15) is 0 Å². The molecule has 0 aromatic rings. The molecule has 0 aliphatic heterocycles. The van der Waals surface area contributed by atoms with Gasteiger partial charge in [0.15, 0.2) is 0 Å². The lowest BCUT2D eigenvalue weighted by molar-refractivity contribution is 0.504. The Bertz CT molecular complexity index is 54.4. The molecule has 1 aliphatic rings. The molecule has 1 saturated carbocycles. The monoisotopic (exact) mass is 96.1 g/mol. The molecule has 1 fully saturated rings. The zero-order valence-electron chi connectivity index (χ0n) is 4.74. The quantitative estimate of drug-likeness (QED) is 0.433. The van der Waals surface area contributed by atoms with Gasteiger partial charge < -0.3 is 0 Å². The molecule has 0 atom stereocenters. The zero-order chi connectivity index (χ0) is 5.33. The number of hydrogen-bond donors (Lipinski definition) is 0. The van der Waals surface area contributed by atoms with E-state index in [1.165, 1.54) is 25.7 Å². The molecule has 40 valence electrons. The van der Waals surface area contributed by atoms with Crippen molar-refractivity contribution in [1.29, 1.82) is 0 Å². The van der Waals surface area contributed by atoms with Crippen LogP contribution in [-0.2, 0) is 0 Å². The van der Waals surface area contributed by atoms with E-state index in [1.807, 2.05) is 0 Å². The molecule has 0 saturated heterocycles. The van der Waals surface area contributed by atoms with Crippen molar-refractivity contribution in [3.05, 3.63) is 13.8 Å². The summed E-state index contributed by atoms with van der Waals surface area (Å²) in [5.41, 5.74) is 0.194. The van der Waals surface area contributed by atoms with E-state index in [9.17, 15) is 0 Å². The summed E-state index contributed by atoms with van der Waals surface area (Å²) in [6.07, 6.45) is 5.14. The average Bonchev–Trinajstić information content (AvgIpc) is 1.84. The highest BCUT2D eigenvalue weighted by atomic mass is 14.3. The molecule has 2 radical (unpaired) electrons. The van der Waals surface area contributed by atoms with Gasteiger partial charge in [-0.1, -0.05) is 12.8 Å². The maximum Gasteiger partial charge on any atom is -0.0297 e. The normalized spacial score (nSPS) is 28.3. The summed E-state index contributed by atoms with van der Waals surface area (Å²) in [6.45, 7) is 7.92. The summed E-state index contributed by atoms with van der Waals surface area (Å²) in [5.74, 6) is 0. The molecule has 0 N–H and O–H groups in total. The first-order valence-electron chi connectivity index (χ1n) is 2.91. The van der Waals surface area contributed by atoms with Crippen LogP contribution in [0, 0.1) is 19.3 Å². The van der Waals surface area contributed by atoms with Gasteiger partial charge in [-0.25, -0.2) is 0 Å². The fourth-order valence-electron chi connectivity index (χ4n) is 1.12. The first kappa shape index (κ1) is 5.14. The minimum absolute atomic E-state index is 0.194. The Kier molecular flexibility index (Phi) is 1.10. The SMILES string of the molecule is [CH2]C1([CH2])CCCC1. The molecule has 0 amide bonds. The minimum Gasteiger partial charge on any atom is -0.0528 e. The smallest absolute Gasteiger partial charge is 0.0297 e.